The molecule has 232 valence electrons. The summed E-state index contributed by atoms with van der Waals surface area (Å²) in [5.74, 6) is -4.47. The van der Waals surface area contributed by atoms with Crippen LogP contribution in [-0.2, 0) is 57.1 Å². The van der Waals surface area contributed by atoms with E-state index in [0.29, 0.717) is 0 Å². The maximum atomic E-state index is 11.4. The third kappa shape index (κ3) is 48.1. The Kier molecular flexibility index (Phi) is 58.4. The predicted octanol–water partition coefficient (Wildman–Crippen LogP) is 2.23. The van der Waals surface area contributed by atoms with Crippen LogP contribution in [0.5, 0.6) is 0 Å². The summed E-state index contributed by atoms with van der Waals surface area (Å²) < 4.78 is 39.2. The summed E-state index contributed by atoms with van der Waals surface area (Å²) >= 11 is -3.30. The van der Waals surface area contributed by atoms with E-state index in [1.54, 1.807) is 0 Å². The zero-order valence-electron chi connectivity index (χ0n) is 20.4. The Hall–Kier alpha value is 3.23. The van der Waals surface area contributed by atoms with E-state index in [1.165, 1.54) is 0 Å². The van der Waals surface area contributed by atoms with Crippen LogP contribution in [0, 0.1) is 0 Å². The Morgan fingerprint density at radius 3 is 0.600 bits per heavy atom. The molecular formula is C16H24Cl8O12Sn4. The van der Waals surface area contributed by atoms with Gasteiger partial charge < -0.3 is 37.9 Å². The van der Waals surface area contributed by atoms with Crippen molar-refractivity contribution in [1.29, 1.82) is 0 Å². The SMILES string of the molecule is O=C1OCCOCCOCCOC(=O)C(=O)OCCOCCOCCOC1=O.[Cl][Sn][Cl].[Cl][Sn][Cl].[Cl][Sn][Cl].[Cl][Sn][Cl]. The molecule has 0 N–H and O–H groups in total. The van der Waals surface area contributed by atoms with Crippen molar-refractivity contribution in [2.45, 2.75) is 0 Å². The molecule has 1 rings (SSSR count). The van der Waals surface area contributed by atoms with Gasteiger partial charge in [0.2, 0.25) is 0 Å². The molecule has 0 aliphatic carbocycles. The Balaban J connectivity index is -0.000000459. The quantitative estimate of drug-likeness (QED) is 0.152. The van der Waals surface area contributed by atoms with E-state index in [2.05, 4.69) is 18.9 Å². The van der Waals surface area contributed by atoms with E-state index in [1.807, 2.05) is 0 Å². The number of halogens is 8. The van der Waals surface area contributed by atoms with E-state index in [4.69, 9.17) is 90.3 Å². The van der Waals surface area contributed by atoms with Gasteiger partial charge in [-0.05, 0) is 0 Å². The van der Waals surface area contributed by atoms with Crippen molar-refractivity contribution in [2.75, 3.05) is 79.3 Å². The molecule has 0 saturated carbocycles. The molecule has 0 unspecified atom stereocenters. The monoisotopic (exact) mass is 1170 g/mol. The molecule has 1 aliphatic rings. The number of esters is 4. The van der Waals surface area contributed by atoms with Gasteiger partial charge in [-0.15, -0.1) is 0 Å². The molecule has 1 fully saturated rings. The van der Waals surface area contributed by atoms with E-state index in [-0.39, 0.29) is 79.3 Å². The van der Waals surface area contributed by atoms with Crippen molar-refractivity contribution in [1.82, 2.24) is 0 Å². The van der Waals surface area contributed by atoms with Gasteiger partial charge >= 0.3 is 171 Å². The number of rotatable bonds is 0. The molecule has 1 heterocycles. The second kappa shape index (κ2) is 46.7. The molecule has 1 aliphatic heterocycles. The Morgan fingerprint density at radius 1 is 0.325 bits per heavy atom. The molecule has 12 nitrogen and oxygen atoms in total. The van der Waals surface area contributed by atoms with Crippen molar-refractivity contribution in [3.8, 4) is 0 Å². The van der Waals surface area contributed by atoms with Crippen molar-refractivity contribution in [3.63, 3.8) is 0 Å². The van der Waals surface area contributed by atoms with Gasteiger partial charge in [-0.3, -0.25) is 0 Å². The van der Waals surface area contributed by atoms with Crippen LogP contribution in [-0.4, -0.2) is 179 Å². The first-order valence-electron chi connectivity index (χ1n) is 10.1. The zero-order valence-corrected chi connectivity index (χ0v) is 37.9. The molecule has 0 bridgehead atoms. The van der Waals surface area contributed by atoms with Crippen LogP contribution in [0.2, 0.25) is 0 Å². The minimum absolute atomic E-state index is 0.0618. The maximum absolute atomic E-state index is 11.4. The Morgan fingerprint density at radius 2 is 0.450 bits per heavy atom. The van der Waals surface area contributed by atoms with Gasteiger partial charge in [0.05, 0.1) is 52.9 Å². The molecule has 0 atom stereocenters. The molecule has 0 aromatic heterocycles. The van der Waals surface area contributed by atoms with Crippen molar-refractivity contribution >= 4 is 171 Å². The number of carbonyl (C=O) groups is 4. The third-order valence-corrected chi connectivity index (χ3v) is 2.92. The summed E-state index contributed by atoms with van der Waals surface area (Å²) in [5, 5.41) is 0. The third-order valence-electron chi connectivity index (χ3n) is 2.92. The fourth-order valence-corrected chi connectivity index (χ4v) is 1.65. The zero-order chi connectivity index (χ0) is 31.3. The van der Waals surface area contributed by atoms with E-state index in [9.17, 15) is 19.2 Å². The molecule has 24 heteroatoms. The summed E-state index contributed by atoms with van der Waals surface area (Å²) in [4.78, 5) is 45.4. The number of hydrogen-bond acceptors (Lipinski definition) is 12. The minimum atomic E-state index is -1.12. The first kappa shape index (κ1) is 50.1. The van der Waals surface area contributed by atoms with Crippen molar-refractivity contribution in [2.24, 2.45) is 0 Å². The van der Waals surface area contributed by atoms with Gasteiger partial charge in [0.25, 0.3) is 0 Å². The van der Waals surface area contributed by atoms with Crippen LogP contribution < -0.4 is 0 Å². The average molecular weight is 1170 g/mol. The second-order valence-corrected chi connectivity index (χ2v) is 22.2. The first-order chi connectivity index (χ1) is 19.3. The van der Waals surface area contributed by atoms with Gasteiger partial charge in [0.15, 0.2) is 0 Å². The van der Waals surface area contributed by atoms with Crippen LogP contribution in [0.3, 0.4) is 0 Å². The van der Waals surface area contributed by atoms with Crippen molar-refractivity contribution in [3.05, 3.63) is 0 Å². The fourth-order valence-electron chi connectivity index (χ4n) is 1.65. The molecule has 8 radical (unpaired) electrons. The van der Waals surface area contributed by atoms with Crippen LogP contribution in [0.1, 0.15) is 0 Å². The van der Waals surface area contributed by atoms with Gasteiger partial charge in [0.1, 0.15) is 26.4 Å². The summed E-state index contributed by atoms with van der Waals surface area (Å²) in [7, 11) is 39.5. The van der Waals surface area contributed by atoms with Gasteiger partial charge in [-0.1, -0.05) is 0 Å². The summed E-state index contributed by atoms with van der Waals surface area (Å²) in [6.45, 7) is 0.512. The molecule has 0 amide bonds. The van der Waals surface area contributed by atoms with E-state index >= 15 is 0 Å². The Bertz CT molecular complexity index is 498. The number of ether oxygens (including phenoxy) is 8. The molecular weight excluding hydrogens is 1140 g/mol. The number of hydrogen-bond donors (Lipinski definition) is 0. The molecule has 0 aromatic carbocycles. The molecule has 0 spiro atoms. The number of carbonyl (C=O) groups excluding carboxylic acids is 4. The van der Waals surface area contributed by atoms with Crippen LogP contribution in [0.25, 0.3) is 0 Å². The van der Waals surface area contributed by atoms with Gasteiger partial charge in [-0.2, -0.15) is 0 Å². The average Bonchev–Trinajstić information content (AvgIpc) is 2.91. The molecule has 0 aromatic rings. The number of cyclic esters (lactones) is 4. The van der Waals surface area contributed by atoms with Crippen LogP contribution in [0.4, 0.5) is 0 Å². The topological polar surface area (TPSA) is 142 Å². The summed E-state index contributed by atoms with van der Waals surface area (Å²) in [6.07, 6.45) is 0. The van der Waals surface area contributed by atoms with Crippen LogP contribution in [0.15, 0.2) is 0 Å². The predicted molar refractivity (Wildman–Crippen MR) is 157 cm³/mol. The normalized spacial score (nSPS) is 16.8. The van der Waals surface area contributed by atoms with Gasteiger partial charge in [-0.25, -0.2) is 19.2 Å². The Labute approximate surface area is 302 Å². The molecule has 1 saturated heterocycles. The standard InChI is InChI=1S/C16H24O12.8ClH.4Sn/c17-13-14(18)27-11-7-23-3-4-24-8-12-28-16(20)15(19)26-10-6-22-2-1-21-5-9-25-13;;;;;;;;;;;;/h1-12H2;8*1H;;;;/q;;;;;;;;;4*+2/p-8. The fraction of sp³-hybridized carbons (Fsp3) is 0.750. The van der Waals surface area contributed by atoms with E-state index < -0.39 is 99.4 Å². The summed E-state index contributed by atoms with van der Waals surface area (Å²) in [6, 6.07) is 0. The summed E-state index contributed by atoms with van der Waals surface area (Å²) in [5.41, 5.74) is 0. The van der Waals surface area contributed by atoms with E-state index in [0.717, 1.165) is 0 Å². The van der Waals surface area contributed by atoms with Crippen molar-refractivity contribution < 1.29 is 57.1 Å². The molecule has 40 heavy (non-hydrogen) atoms. The second-order valence-electron chi connectivity index (χ2n) is 5.28. The van der Waals surface area contributed by atoms with Crippen LogP contribution >= 0.6 is 71.4 Å². The first-order valence-corrected chi connectivity index (χ1v) is 39.0. The van der Waals surface area contributed by atoms with Gasteiger partial charge in [0, 0.05) is 0 Å².